The summed E-state index contributed by atoms with van der Waals surface area (Å²) < 4.78 is 10.7. The van der Waals surface area contributed by atoms with Crippen LogP contribution in [0.1, 0.15) is 36.3 Å². The van der Waals surface area contributed by atoms with E-state index in [1.54, 1.807) is 37.4 Å². The minimum atomic E-state index is -0.729. The van der Waals surface area contributed by atoms with Crippen molar-refractivity contribution in [1.82, 2.24) is 4.90 Å². The molecule has 6 heteroatoms. The van der Waals surface area contributed by atoms with Crippen LogP contribution in [0.4, 0.5) is 0 Å². The molecule has 1 aromatic carbocycles. The Morgan fingerprint density at radius 2 is 2.08 bits per heavy atom. The predicted molar refractivity (Wildman–Crippen MR) is 95.7 cm³/mol. The van der Waals surface area contributed by atoms with E-state index in [0.717, 1.165) is 5.56 Å². The second-order valence-electron chi connectivity index (χ2n) is 6.19. The van der Waals surface area contributed by atoms with Gasteiger partial charge in [0.1, 0.15) is 23.3 Å². The Kier molecular flexibility index (Phi) is 4.84. The normalized spacial score (nSPS) is 19.2. The van der Waals surface area contributed by atoms with Crippen LogP contribution in [0, 0.1) is 6.92 Å². The van der Waals surface area contributed by atoms with E-state index in [2.05, 4.69) is 0 Å². The zero-order valence-electron chi connectivity index (χ0n) is 15.0. The summed E-state index contributed by atoms with van der Waals surface area (Å²) in [6.07, 6.45) is 2.17. The molecule has 6 nitrogen and oxygen atoms in total. The number of Topliss-reactive ketones (excluding diaryl/α,β-unsaturated/α-hetero) is 1. The number of carbonyl (C=O) groups excluding carboxylic acids is 2. The molecule has 1 aliphatic rings. The molecule has 136 valence electrons. The highest BCUT2D eigenvalue weighted by Gasteiger charge is 2.47. The minimum absolute atomic E-state index is 0.0444. The molecule has 0 radical (unpaired) electrons. The Morgan fingerprint density at radius 1 is 1.31 bits per heavy atom. The largest absolute Gasteiger partial charge is 0.507 e. The Hall–Kier alpha value is -3.02. The van der Waals surface area contributed by atoms with Crippen LogP contribution < -0.4 is 4.74 Å². The molecule has 1 N–H and O–H groups in total. The Morgan fingerprint density at radius 3 is 2.65 bits per heavy atom. The summed E-state index contributed by atoms with van der Waals surface area (Å²) in [7, 11) is 1.56. The van der Waals surface area contributed by atoms with E-state index < -0.39 is 17.7 Å². The fourth-order valence-corrected chi connectivity index (χ4v) is 3.28. The van der Waals surface area contributed by atoms with E-state index in [4.69, 9.17) is 9.15 Å². The lowest BCUT2D eigenvalue weighted by Crippen LogP contribution is -2.30. The fraction of sp³-hybridized carbons (Fsp3) is 0.300. The smallest absolute Gasteiger partial charge is 0.295 e. The van der Waals surface area contributed by atoms with Gasteiger partial charge in [-0.25, -0.2) is 0 Å². The highest BCUT2D eigenvalue weighted by Crippen LogP contribution is 2.39. The standard InChI is InChI=1S/C20H21NO5/c1-4-9-21-17(15-6-5-10-26-15)16(19(23)20(21)24)18(22)13-7-8-14(25-3)12(2)11-13/h5-8,10-11,17,22H,4,9H2,1-3H3/b18-16-. The molecule has 0 saturated carbocycles. The molecular weight excluding hydrogens is 334 g/mol. The van der Waals surface area contributed by atoms with Crippen molar-refractivity contribution in [2.24, 2.45) is 0 Å². The highest BCUT2D eigenvalue weighted by molar-refractivity contribution is 6.46. The van der Waals surface area contributed by atoms with Gasteiger partial charge in [-0.15, -0.1) is 0 Å². The maximum atomic E-state index is 12.6. The van der Waals surface area contributed by atoms with Crippen LogP contribution >= 0.6 is 0 Å². The van der Waals surface area contributed by atoms with Crippen molar-refractivity contribution in [2.75, 3.05) is 13.7 Å². The monoisotopic (exact) mass is 355 g/mol. The van der Waals surface area contributed by atoms with Crippen LogP contribution in [-0.2, 0) is 9.59 Å². The summed E-state index contributed by atoms with van der Waals surface area (Å²) >= 11 is 0. The second-order valence-corrected chi connectivity index (χ2v) is 6.19. The number of ether oxygens (including phenoxy) is 1. The molecule has 1 atom stereocenters. The molecule has 1 saturated heterocycles. The summed E-state index contributed by atoms with van der Waals surface area (Å²) in [5.74, 6) is -0.417. The highest BCUT2D eigenvalue weighted by atomic mass is 16.5. The summed E-state index contributed by atoms with van der Waals surface area (Å²) in [4.78, 5) is 26.6. The molecule has 2 aromatic rings. The quantitative estimate of drug-likeness (QED) is 0.505. The fourth-order valence-electron chi connectivity index (χ4n) is 3.28. The number of likely N-dealkylation sites (tertiary alicyclic amines) is 1. The van der Waals surface area contributed by atoms with Gasteiger partial charge < -0.3 is 19.2 Å². The third kappa shape index (κ3) is 2.87. The second kappa shape index (κ2) is 7.07. The zero-order chi connectivity index (χ0) is 18.8. The number of furan rings is 1. The molecule has 0 bridgehead atoms. The number of aliphatic hydroxyl groups is 1. The third-order valence-corrected chi connectivity index (χ3v) is 4.49. The predicted octanol–water partition coefficient (Wildman–Crippen LogP) is 3.43. The van der Waals surface area contributed by atoms with Crippen molar-refractivity contribution in [1.29, 1.82) is 0 Å². The minimum Gasteiger partial charge on any atom is -0.507 e. The first-order valence-corrected chi connectivity index (χ1v) is 8.46. The number of ketones is 1. The number of aliphatic hydroxyl groups excluding tert-OH is 1. The van der Waals surface area contributed by atoms with Gasteiger partial charge >= 0.3 is 0 Å². The van der Waals surface area contributed by atoms with Crippen molar-refractivity contribution in [2.45, 2.75) is 26.3 Å². The Labute approximate surface area is 151 Å². The molecule has 1 aromatic heterocycles. The van der Waals surface area contributed by atoms with Crippen molar-refractivity contribution >= 4 is 17.4 Å². The van der Waals surface area contributed by atoms with E-state index in [-0.39, 0.29) is 11.3 Å². The van der Waals surface area contributed by atoms with Crippen molar-refractivity contribution in [3.63, 3.8) is 0 Å². The summed E-state index contributed by atoms with van der Waals surface area (Å²) in [6.45, 7) is 4.16. The van der Waals surface area contributed by atoms with Gasteiger partial charge in [-0.3, -0.25) is 9.59 Å². The maximum Gasteiger partial charge on any atom is 0.295 e. The molecule has 0 aliphatic carbocycles. The molecular formula is C20H21NO5. The van der Waals surface area contributed by atoms with E-state index in [0.29, 0.717) is 30.0 Å². The topological polar surface area (TPSA) is 80.0 Å². The number of amides is 1. The molecule has 1 amide bonds. The lowest BCUT2D eigenvalue weighted by molar-refractivity contribution is -0.140. The number of methoxy groups -OCH3 is 1. The first-order chi connectivity index (χ1) is 12.5. The Balaban J connectivity index is 2.15. The van der Waals surface area contributed by atoms with Crippen LogP contribution in [0.3, 0.4) is 0 Å². The van der Waals surface area contributed by atoms with Crippen LogP contribution in [-0.4, -0.2) is 35.4 Å². The van der Waals surface area contributed by atoms with E-state index in [9.17, 15) is 14.7 Å². The maximum absolute atomic E-state index is 12.6. The number of benzene rings is 1. The number of aryl methyl sites for hydroxylation is 1. The Bertz CT molecular complexity index is 866. The molecule has 1 aliphatic heterocycles. The van der Waals surface area contributed by atoms with Crippen molar-refractivity contribution < 1.29 is 23.8 Å². The number of carbonyl (C=O) groups is 2. The third-order valence-electron chi connectivity index (χ3n) is 4.49. The van der Waals surface area contributed by atoms with E-state index in [1.165, 1.54) is 11.2 Å². The average Bonchev–Trinajstić information content (AvgIpc) is 3.24. The summed E-state index contributed by atoms with van der Waals surface area (Å²) in [5.41, 5.74) is 1.31. The molecule has 1 unspecified atom stereocenters. The van der Waals surface area contributed by atoms with Crippen molar-refractivity contribution in [3.05, 3.63) is 59.1 Å². The first-order valence-electron chi connectivity index (χ1n) is 8.46. The van der Waals surface area contributed by atoms with Gasteiger partial charge in [0.2, 0.25) is 0 Å². The zero-order valence-corrected chi connectivity index (χ0v) is 15.0. The van der Waals surface area contributed by atoms with E-state index >= 15 is 0 Å². The molecule has 0 spiro atoms. The van der Waals surface area contributed by atoms with Gasteiger partial charge in [-0.1, -0.05) is 6.92 Å². The SMILES string of the molecule is CCCN1C(=O)C(=O)/C(=C(\O)c2ccc(OC)c(C)c2)C1c1ccco1. The van der Waals surface area contributed by atoms with Gasteiger partial charge in [0.05, 0.1) is 18.9 Å². The van der Waals surface area contributed by atoms with Gasteiger partial charge in [-0.2, -0.15) is 0 Å². The van der Waals surface area contributed by atoms with Crippen LogP contribution in [0.5, 0.6) is 5.75 Å². The van der Waals surface area contributed by atoms with Gasteiger partial charge in [0, 0.05) is 12.1 Å². The summed E-state index contributed by atoms with van der Waals surface area (Å²) in [6, 6.07) is 7.76. The molecule has 26 heavy (non-hydrogen) atoms. The summed E-state index contributed by atoms with van der Waals surface area (Å²) in [5, 5.41) is 10.8. The van der Waals surface area contributed by atoms with Gasteiger partial charge in [0.15, 0.2) is 0 Å². The number of rotatable bonds is 5. The number of hydrogen-bond donors (Lipinski definition) is 1. The number of nitrogens with zero attached hydrogens (tertiary/aromatic N) is 1. The lowest BCUT2D eigenvalue weighted by atomic mass is 9.98. The van der Waals surface area contributed by atoms with Gasteiger partial charge in [0.25, 0.3) is 11.7 Å². The molecule has 1 fully saturated rings. The average molecular weight is 355 g/mol. The lowest BCUT2D eigenvalue weighted by Gasteiger charge is -2.22. The first kappa shape index (κ1) is 17.8. The molecule has 3 rings (SSSR count). The van der Waals surface area contributed by atoms with Crippen LogP contribution in [0.15, 0.2) is 46.6 Å². The van der Waals surface area contributed by atoms with Crippen molar-refractivity contribution in [3.8, 4) is 5.75 Å². The van der Waals surface area contributed by atoms with Crippen LogP contribution in [0.25, 0.3) is 5.76 Å². The van der Waals surface area contributed by atoms with Gasteiger partial charge in [-0.05, 0) is 49.2 Å². The van der Waals surface area contributed by atoms with E-state index in [1.807, 2.05) is 13.8 Å². The molecule has 2 heterocycles. The van der Waals surface area contributed by atoms with Crippen LogP contribution in [0.2, 0.25) is 0 Å². The number of hydrogen-bond acceptors (Lipinski definition) is 5.